The Morgan fingerprint density at radius 1 is 1.10 bits per heavy atom. The van der Waals surface area contributed by atoms with Gasteiger partial charge in [-0.2, -0.15) is 0 Å². The Labute approximate surface area is 133 Å². The topological polar surface area (TPSA) is 26.0 Å². The number of nitrogens with two attached hydrogens (primary N) is 1. The van der Waals surface area contributed by atoms with E-state index in [1.165, 1.54) is 36.0 Å². The zero-order chi connectivity index (χ0) is 14.1. The van der Waals surface area contributed by atoms with E-state index in [0.717, 1.165) is 21.5 Å². The average molecular weight is 351 g/mol. The third-order valence-corrected chi connectivity index (χ3v) is 4.81. The van der Waals surface area contributed by atoms with E-state index in [1.54, 1.807) is 0 Å². The fraction of sp³-hybridized carbons (Fsp3) is 0.294. The molecule has 3 heteroatoms. The summed E-state index contributed by atoms with van der Waals surface area (Å²) in [4.78, 5) is 0. The first-order valence-corrected chi connectivity index (χ1v) is 8.12. The standard InChI is InChI=1S/C17H17BrClN/c18-14-6-7-16(19)15(10-14)17(20)9-11-4-5-12-2-1-3-13(12)8-11/h4-8,10,17H,1-3,9,20H2. The van der Waals surface area contributed by atoms with Crippen molar-refractivity contribution >= 4 is 27.5 Å². The summed E-state index contributed by atoms with van der Waals surface area (Å²) in [5.41, 5.74) is 11.6. The lowest BCUT2D eigenvalue weighted by atomic mass is 9.97. The van der Waals surface area contributed by atoms with Crippen molar-refractivity contribution in [2.75, 3.05) is 0 Å². The largest absolute Gasteiger partial charge is 0.324 e. The zero-order valence-electron chi connectivity index (χ0n) is 11.2. The molecule has 0 amide bonds. The summed E-state index contributed by atoms with van der Waals surface area (Å²) >= 11 is 9.73. The lowest BCUT2D eigenvalue weighted by molar-refractivity contribution is 0.721. The minimum atomic E-state index is -0.0700. The van der Waals surface area contributed by atoms with Gasteiger partial charge in [0.2, 0.25) is 0 Å². The van der Waals surface area contributed by atoms with Crippen LogP contribution in [0, 0.1) is 0 Å². The van der Waals surface area contributed by atoms with Crippen molar-refractivity contribution in [3.05, 3.63) is 68.1 Å². The highest BCUT2D eigenvalue weighted by atomic mass is 79.9. The van der Waals surface area contributed by atoms with Gasteiger partial charge in [-0.25, -0.2) is 0 Å². The van der Waals surface area contributed by atoms with Crippen molar-refractivity contribution in [2.45, 2.75) is 31.7 Å². The summed E-state index contributed by atoms with van der Waals surface area (Å²) in [5, 5.41) is 0.738. The Bertz CT molecular complexity index is 639. The van der Waals surface area contributed by atoms with Gasteiger partial charge >= 0.3 is 0 Å². The fourth-order valence-corrected chi connectivity index (χ4v) is 3.55. The lowest BCUT2D eigenvalue weighted by Gasteiger charge is -2.15. The van der Waals surface area contributed by atoms with Crippen molar-refractivity contribution in [3.63, 3.8) is 0 Å². The highest BCUT2D eigenvalue weighted by molar-refractivity contribution is 9.10. The Morgan fingerprint density at radius 2 is 1.90 bits per heavy atom. The van der Waals surface area contributed by atoms with Crippen LogP contribution in [0.3, 0.4) is 0 Å². The second-order valence-corrected chi connectivity index (χ2v) is 6.76. The molecule has 0 fully saturated rings. The average Bonchev–Trinajstić information content (AvgIpc) is 2.89. The molecule has 104 valence electrons. The van der Waals surface area contributed by atoms with Crippen LogP contribution in [0.15, 0.2) is 40.9 Å². The van der Waals surface area contributed by atoms with Crippen LogP contribution in [-0.2, 0) is 19.3 Å². The van der Waals surface area contributed by atoms with Gasteiger partial charge in [-0.05, 0) is 66.1 Å². The number of hydrogen-bond donors (Lipinski definition) is 1. The molecule has 1 unspecified atom stereocenters. The Kier molecular flexibility index (Phi) is 4.16. The number of benzene rings is 2. The molecular weight excluding hydrogens is 334 g/mol. The van der Waals surface area contributed by atoms with Crippen molar-refractivity contribution in [3.8, 4) is 0 Å². The highest BCUT2D eigenvalue weighted by Gasteiger charge is 2.14. The van der Waals surface area contributed by atoms with Gasteiger partial charge in [0.25, 0.3) is 0 Å². The summed E-state index contributed by atoms with van der Waals surface area (Å²) in [6.45, 7) is 0. The van der Waals surface area contributed by atoms with Gasteiger partial charge in [0.05, 0.1) is 0 Å². The Balaban J connectivity index is 1.82. The predicted molar refractivity (Wildman–Crippen MR) is 88.3 cm³/mol. The van der Waals surface area contributed by atoms with E-state index in [0.29, 0.717) is 0 Å². The monoisotopic (exact) mass is 349 g/mol. The molecule has 0 saturated heterocycles. The van der Waals surface area contributed by atoms with Gasteiger partial charge in [0.15, 0.2) is 0 Å². The van der Waals surface area contributed by atoms with Crippen molar-refractivity contribution < 1.29 is 0 Å². The van der Waals surface area contributed by atoms with Crippen molar-refractivity contribution in [2.24, 2.45) is 5.73 Å². The van der Waals surface area contributed by atoms with Crippen LogP contribution in [-0.4, -0.2) is 0 Å². The normalized spacial score (nSPS) is 15.2. The van der Waals surface area contributed by atoms with Crippen LogP contribution in [0.4, 0.5) is 0 Å². The molecule has 0 saturated carbocycles. The summed E-state index contributed by atoms with van der Waals surface area (Å²) in [5.74, 6) is 0. The maximum atomic E-state index is 6.34. The van der Waals surface area contributed by atoms with Gasteiger partial charge in [-0.15, -0.1) is 0 Å². The maximum absolute atomic E-state index is 6.34. The van der Waals surface area contributed by atoms with E-state index in [1.807, 2.05) is 18.2 Å². The van der Waals surface area contributed by atoms with E-state index in [-0.39, 0.29) is 6.04 Å². The minimum Gasteiger partial charge on any atom is -0.324 e. The zero-order valence-corrected chi connectivity index (χ0v) is 13.5. The molecule has 0 bridgehead atoms. The molecule has 2 aromatic carbocycles. The number of aryl methyl sites for hydroxylation is 2. The van der Waals surface area contributed by atoms with Gasteiger partial charge in [-0.3, -0.25) is 0 Å². The predicted octanol–water partition coefficient (Wildman–Crippen LogP) is 4.83. The minimum absolute atomic E-state index is 0.0700. The van der Waals surface area contributed by atoms with Crippen LogP contribution in [0.2, 0.25) is 5.02 Å². The summed E-state index contributed by atoms with van der Waals surface area (Å²) in [6.07, 6.45) is 4.53. The van der Waals surface area contributed by atoms with E-state index in [4.69, 9.17) is 17.3 Å². The first-order valence-electron chi connectivity index (χ1n) is 6.94. The molecule has 0 heterocycles. The third-order valence-electron chi connectivity index (χ3n) is 3.98. The molecule has 2 N–H and O–H groups in total. The number of hydrogen-bond acceptors (Lipinski definition) is 1. The SMILES string of the molecule is NC(Cc1ccc2c(c1)CCC2)c1cc(Br)ccc1Cl. The van der Waals surface area contributed by atoms with Gasteiger partial charge < -0.3 is 5.73 Å². The van der Waals surface area contributed by atoms with Gasteiger partial charge in [-0.1, -0.05) is 45.7 Å². The smallest absolute Gasteiger partial charge is 0.0454 e. The molecule has 0 aromatic heterocycles. The van der Waals surface area contributed by atoms with Crippen LogP contribution in [0.25, 0.3) is 0 Å². The Hall–Kier alpha value is -0.830. The molecule has 2 aromatic rings. The van der Waals surface area contributed by atoms with Crippen molar-refractivity contribution in [1.82, 2.24) is 0 Å². The van der Waals surface area contributed by atoms with Crippen LogP contribution < -0.4 is 5.73 Å². The van der Waals surface area contributed by atoms with E-state index >= 15 is 0 Å². The van der Waals surface area contributed by atoms with Crippen molar-refractivity contribution in [1.29, 1.82) is 0 Å². The van der Waals surface area contributed by atoms with E-state index in [9.17, 15) is 0 Å². The summed E-state index contributed by atoms with van der Waals surface area (Å²) in [6, 6.07) is 12.5. The van der Waals surface area contributed by atoms with E-state index in [2.05, 4.69) is 34.1 Å². The Morgan fingerprint density at radius 3 is 2.75 bits per heavy atom. The van der Waals surface area contributed by atoms with Crippen LogP contribution >= 0.6 is 27.5 Å². The van der Waals surface area contributed by atoms with Gasteiger partial charge in [0, 0.05) is 15.5 Å². The number of fused-ring (bicyclic) bond motifs is 1. The lowest BCUT2D eigenvalue weighted by Crippen LogP contribution is -2.14. The molecule has 0 spiro atoms. The first-order chi connectivity index (χ1) is 9.63. The highest BCUT2D eigenvalue weighted by Crippen LogP contribution is 2.29. The summed E-state index contributed by atoms with van der Waals surface area (Å²) < 4.78 is 1.02. The third kappa shape index (κ3) is 2.93. The molecule has 1 atom stereocenters. The second-order valence-electron chi connectivity index (χ2n) is 5.43. The quantitative estimate of drug-likeness (QED) is 0.842. The molecule has 20 heavy (non-hydrogen) atoms. The van der Waals surface area contributed by atoms with Crippen LogP contribution in [0.1, 0.15) is 34.7 Å². The number of rotatable bonds is 3. The first kappa shape index (κ1) is 14.1. The molecule has 1 aliphatic carbocycles. The molecule has 1 nitrogen and oxygen atoms in total. The molecule has 0 radical (unpaired) electrons. The molecule has 3 rings (SSSR count). The fourth-order valence-electron chi connectivity index (χ4n) is 2.91. The number of halogens is 2. The maximum Gasteiger partial charge on any atom is 0.0454 e. The van der Waals surface area contributed by atoms with E-state index < -0.39 is 0 Å². The molecule has 0 aliphatic heterocycles. The second kappa shape index (κ2) is 5.88. The van der Waals surface area contributed by atoms with Gasteiger partial charge in [0.1, 0.15) is 0 Å². The van der Waals surface area contributed by atoms with Crippen LogP contribution in [0.5, 0.6) is 0 Å². The summed E-state index contributed by atoms with van der Waals surface area (Å²) in [7, 11) is 0. The molecular formula is C17H17BrClN. The molecule has 1 aliphatic rings.